The van der Waals surface area contributed by atoms with Gasteiger partial charge in [0.05, 0.1) is 17.1 Å². The highest BCUT2D eigenvalue weighted by Gasteiger charge is 2.17. The number of rotatable bonds is 8. The van der Waals surface area contributed by atoms with E-state index >= 15 is 0 Å². The molecule has 170 valence electrons. The number of benzene rings is 2. The highest BCUT2D eigenvalue weighted by Crippen LogP contribution is 2.22. The van der Waals surface area contributed by atoms with Gasteiger partial charge >= 0.3 is 12.1 Å². The number of carbonyl (C=O) groups excluding carboxylic acids is 2. The van der Waals surface area contributed by atoms with E-state index in [4.69, 9.17) is 4.74 Å². The number of nitro benzene ring substituents is 1. The van der Waals surface area contributed by atoms with E-state index in [1.54, 1.807) is 36.4 Å². The molecule has 0 radical (unpaired) electrons. The number of nitrogens with one attached hydrogen (secondary N) is 4. The summed E-state index contributed by atoms with van der Waals surface area (Å²) >= 11 is 0. The normalized spacial score (nSPS) is 16.1. The number of non-ortho nitro benzene ring substituents is 1. The average molecular weight is 441 g/mol. The maximum Gasteiger partial charge on any atom is 0.319 e. The van der Waals surface area contributed by atoms with Crippen LogP contribution in [0.25, 0.3) is 0 Å². The second-order valence-corrected chi connectivity index (χ2v) is 7.46. The van der Waals surface area contributed by atoms with E-state index in [-0.39, 0.29) is 23.9 Å². The number of carbonyl (C=O) groups is 2. The predicted molar refractivity (Wildman–Crippen MR) is 121 cm³/mol. The summed E-state index contributed by atoms with van der Waals surface area (Å²) in [6.07, 6.45) is 2.60. The van der Waals surface area contributed by atoms with Crippen LogP contribution in [0.2, 0.25) is 0 Å². The summed E-state index contributed by atoms with van der Waals surface area (Å²) in [6, 6.07) is 11.8. The number of nitro groups is 1. The van der Waals surface area contributed by atoms with Crippen molar-refractivity contribution >= 4 is 29.1 Å². The number of hydrogen-bond donors (Lipinski definition) is 4. The van der Waals surface area contributed by atoms with Gasteiger partial charge in [0.25, 0.3) is 5.69 Å². The van der Waals surface area contributed by atoms with Crippen molar-refractivity contribution in [3.8, 4) is 0 Å². The Morgan fingerprint density at radius 3 is 2.41 bits per heavy atom. The highest BCUT2D eigenvalue weighted by atomic mass is 16.6. The van der Waals surface area contributed by atoms with Crippen molar-refractivity contribution in [3.05, 3.63) is 64.2 Å². The van der Waals surface area contributed by atoms with Crippen LogP contribution < -0.4 is 21.3 Å². The van der Waals surface area contributed by atoms with Gasteiger partial charge in [-0.05, 0) is 49.1 Å². The molecule has 0 aromatic heterocycles. The van der Waals surface area contributed by atoms with Crippen LogP contribution in [-0.2, 0) is 4.74 Å². The number of amides is 4. The molecule has 1 aliphatic rings. The van der Waals surface area contributed by atoms with Gasteiger partial charge in [0.1, 0.15) is 0 Å². The molecule has 1 heterocycles. The summed E-state index contributed by atoms with van der Waals surface area (Å²) in [7, 11) is 0. The first-order valence-corrected chi connectivity index (χ1v) is 10.5. The minimum atomic E-state index is -0.464. The molecule has 0 saturated carbocycles. The Kier molecular flexibility index (Phi) is 7.98. The summed E-state index contributed by atoms with van der Waals surface area (Å²) < 4.78 is 5.47. The summed E-state index contributed by atoms with van der Waals surface area (Å²) in [5.41, 5.74) is 1.77. The van der Waals surface area contributed by atoms with E-state index < -0.39 is 11.0 Å². The molecule has 1 saturated heterocycles. The third kappa shape index (κ3) is 6.67. The second-order valence-electron chi connectivity index (χ2n) is 7.46. The van der Waals surface area contributed by atoms with Gasteiger partial charge in [-0.3, -0.25) is 10.1 Å². The molecule has 1 unspecified atom stereocenters. The molecule has 0 aliphatic carbocycles. The van der Waals surface area contributed by atoms with Gasteiger partial charge in [-0.15, -0.1) is 0 Å². The van der Waals surface area contributed by atoms with Crippen molar-refractivity contribution in [2.45, 2.75) is 38.3 Å². The maximum atomic E-state index is 12.4. The van der Waals surface area contributed by atoms with E-state index in [0.29, 0.717) is 29.9 Å². The fraction of sp³-hybridized carbons (Fsp3) is 0.364. The average Bonchev–Trinajstić information content (AvgIpc) is 3.31. The fourth-order valence-corrected chi connectivity index (χ4v) is 3.43. The zero-order chi connectivity index (χ0) is 22.9. The zero-order valence-electron chi connectivity index (χ0n) is 17.8. The summed E-state index contributed by atoms with van der Waals surface area (Å²) in [5.74, 6) is 0. The second kappa shape index (κ2) is 11.1. The van der Waals surface area contributed by atoms with Crippen molar-refractivity contribution in [1.29, 1.82) is 0 Å². The van der Waals surface area contributed by atoms with Gasteiger partial charge in [-0.25, -0.2) is 9.59 Å². The van der Waals surface area contributed by atoms with Crippen molar-refractivity contribution in [3.63, 3.8) is 0 Å². The van der Waals surface area contributed by atoms with E-state index in [9.17, 15) is 19.7 Å². The van der Waals surface area contributed by atoms with Crippen LogP contribution in [0.4, 0.5) is 26.7 Å². The molecule has 32 heavy (non-hydrogen) atoms. The fourth-order valence-electron chi connectivity index (χ4n) is 3.43. The number of anilines is 2. The lowest BCUT2D eigenvalue weighted by Crippen LogP contribution is -2.35. The van der Waals surface area contributed by atoms with E-state index in [0.717, 1.165) is 19.4 Å². The predicted octanol–water partition coefficient (Wildman–Crippen LogP) is 4.17. The standard InChI is InChI=1S/C22H27N5O5/c1-2-20(15-5-3-6-18(13-15)27(30)31)26-22(29)25-17-10-8-16(9-11-17)24-21(28)23-14-19-7-4-12-32-19/h3,5-6,8-11,13,19-20H,2,4,7,12,14H2,1H3,(H2,23,24,28)(H2,25,26,29)/t19?,20-/m1/s1. The molecule has 1 aliphatic heterocycles. The van der Waals surface area contributed by atoms with Crippen LogP contribution in [0.3, 0.4) is 0 Å². The summed E-state index contributed by atoms with van der Waals surface area (Å²) in [4.78, 5) is 34.9. The molecular formula is C22H27N5O5. The summed E-state index contributed by atoms with van der Waals surface area (Å²) in [5, 5.41) is 22.1. The Morgan fingerprint density at radius 2 is 1.81 bits per heavy atom. The quantitative estimate of drug-likeness (QED) is 0.360. The topological polar surface area (TPSA) is 135 Å². The highest BCUT2D eigenvalue weighted by molar-refractivity contribution is 5.91. The first-order valence-electron chi connectivity index (χ1n) is 10.5. The Balaban J connectivity index is 1.49. The van der Waals surface area contributed by atoms with Gasteiger partial charge in [0, 0.05) is 36.7 Å². The Morgan fingerprint density at radius 1 is 1.12 bits per heavy atom. The molecule has 4 amide bonds. The Hall–Kier alpha value is -3.66. The first-order chi connectivity index (χ1) is 15.4. The van der Waals surface area contributed by atoms with Gasteiger partial charge < -0.3 is 26.0 Å². The SMILES string of the molecule is CC[C@@H](NC(=O)Nc1ccc(NC(=O)NCC2CCCO2)cc1)c1cccc([N+](=O)[O-])c1. The smallest absolute Gasteiger partial charge is 0.319 e. The largest absolute Gasteiger partial charge is 0.376 e. The van der Waals surface area contributed by atoms with Crippen LogP contribution in [-0.4, -0.2) is 36.2 Å². The molecule has 10 nitrogen and oxygen atoms in total. The van der Waals surface area contributed by atoms with Gasteiger partial charge in [0.2, 0.25) is 0 Å². The lowest BCUT2D eigenvalue weighted by atomic mass is 10.0. The van der Waals surface area contributed by atoms with Crippen molar-refractivity contribution in [2.75, 3.05) is 23.8 Å². The lowest BCUT2D eigenvalue weighted by molar-refractivity contribution is -0.384. The summed E-state index contributed by atoms with van der Waals surface area (Å²) in [6.45, 7) is 3.09. The zero-order valence-corrected chi connectivity index (χ0v) is 17.8. The van der Waals surface area contributed by atoms with E-state index in [2.05, 4.69) is 21.3 Å². The molecule has 4 N–H and O–H groups in total. The van der Waals surface area contributed by atoms with Crippen molar-refractivity contribution in [1.82, 2.24) is 10.6 Å². The molecular weight excluding hydrogens is 414 g/mol. The van der Waals surface area contributed by atoms with Gasteiger partial charge in [0.15, 0.2) is 0 Å². The van der Waals surface area contributed by atoms with Crippen LogP contribution >= 0.6 is 0 Å². The minimum Gasteiger partial charge on any atom is -0.376 e. The third-order valence-electron chi connectivity index (χ3n) is 5.11. The molecule has 3 rings (SSSR count). The van der Waals surface area contributed by atoms with Crippen molar-refractivity contribution < 1.29 is 19.2 Å². The Labute approximate surface area is 185 Å². The molecule has 2 aromatic carbocycles. The van der Waals surface area contributed by atoms with Crippen LogP contribution in [0.1, 0.15) is 37.8 Å². The van der Waals surface area contributed by atoms with Gasteiger partial charge in [-0.2, -0.15) is 0 Å². The van der Waals surface area contributed by atoms with Crippen LogP contribution in [0.5, 0.6) is 0 Å². The van der Waals surface area contributed by atoms with Crippen LogP contribution in [0, 0.1) is 10.1 Å². The van der Waals surface area contributed by atoms with E-state index in [1.807, 2.05) is 6.92 Å². The minimum absolute atomic E-state index is 0.0222. The number of nitrogens with zero attached hydrogens (tertiary/aromatic N) is 1. The third-order valence-corrected chi connectivity index (χ3v) is 5.11. The van der Waals surface area contributed by atoms with Crippen molar-refractivity contribution in [2.24, 2.45) is 0 Å². The molecule has 1 fully saturated rings. The molecule has 2 aromatic rings. The molecule has 10 heteroatoms. The maximum absolute atomic E-state index is 12.4. The lowest BCUT2D eigenvalue weighted by Gasteiger charge is -2.18. The number of ether oxygens (including phenoxy) is 1. The monoisotopic (exact) mass is 441 g/mol. The van der Waals surface area contributed by atoms with Gasteiger partial charge in [-0.1, -0.05) is 19.1 Å². The molecule has 0 spiro atoms. The number of hydrogen-bond acceptors (Lipinski definition) is 5. The van der Waals surface area contributed by atoms with Crippen LogP contribution in [0.15, 0.2) is 48.5 Å². The first kappa shape index (κ1) is 23.0. The van der Waals surface area contributed by atoms with E-state index in [1.165, 1.54) is 12.1 Å². The Bertz CT molecular complexity index is 944. The molecule has 2 atom stereocenters. The molecule has 0 bridgehead atoms. The number of urea groups is 2.